The van der Waals surface area contributed by atoms with E-state index in [1.807, 2.05) is 48.7 Å². The van der Waals surface area contributed by atoms with E-state index in [4.69, 9.17) is 21.1 Å². The molecular weight excluding hydrogens is 378 g/mol. The SMILES string of the molecule is C=C1C(=O)OCC1C(O)c1cn(Cc2ccc(Cl)cc2)c2ccc(OC)cc12. The highest BCUT2D eigenvalue weighted by Gasteiger charge is 2.36. The van der Waals surface area contributed by atoms with Crippen molar-refractivity contribution in [3.63, 3.8) is 0 Å². The van der Waals surface area contributed by atoms with Crippen LogP contribution < -0.4 is 4.74 Å². The van der Waals surface area contributed by atoms with Gasteiger partial charge in [-0.15, -0.1) is 0 Å². The third kappa shape index (κ3) is 3.28. The maximum Gasteiger partial charge on any atom is 0.333 e. The number of cyclic esters (lactones) is 1. The molecule has 2 unspecified atom stereocenters. The quantitative estimate of drug-likeness (QED) is 0.519. The molecule has 28 heavy (non-hydrogen) atoms. The summed E-state index contributed by atoms with van der Waals surface area (Å²) in [7, 11) is 1.60. The van der Waals surface area contributed by atoms with E-state index in [-0.39, 0.29) is 6.61 Å². The maximum absolute atomic E-state index is 11.7. The van der Waals surface area contributed by atoms with Crippen molar-refractivity contribution < 1.29 is 19.4 Å². The fourth-order valence-electron chi connectivity index (χ4n) is 3.59. The number of aliphatic hydroxyl groups is 1. The molecule has 2 heterocycles. The highest BCUT2D eigenvalue weighted by Crippen LogP contribution is 2.38. The predicted octanol–water partition coefficient (Wildman–Crippen LogP) is 4.11. The van der Waals surface area contributed by atoms with Crippen LogP contribution in [0.2, 0.25) is 5.02 Å². The summed E-state index contributed by atoms with van der Waals surface area (Å²) in [6.45, 7) is 4.53. The lowest BCUT2D eigenvalue weighted by Gasteiger charge is -2.15. The molecule has 0 spiro atoms. The van der Waals surface area contributed by atoms with Crippen molar-refractivity contribution in [2.24, 2.45) is 5.92 Å². The summed E-state index contributed by atoms with van der Waals surface area (Å²) in [4.78, 5) is 11.7. The Bertz CT molecular complexity index is 1050. The summed E-state index contributed by atoms with van der Waals surface area (Å²) in [5.41, 5.74) is 3.06. The van der Waals surface area contributed by atoms with E-state index in [2.05, 4.69) is 11.1 Å². The summed E-state index contributed by atoms with van der Waals surface area (Å²) >= 11 is 5.99. The number of carbonyl (C=O) groups is 1. The number of carbonyl (C=O) groups excluding carboxylic acids is 1. The molecule has 0 amide bonds. The van der Waals surface area contributed by atoms with E-state index in [9.17, 15) is 9.90 Å². The molecule has 1 aliphatic heterocycles. The Morgan fingerprint density at radius 3 is 2.71 bits per heavy atom. The number of rotatable bonds is 5. The number of ether oxygens (including phenoxy) is 2. The molecule has 1 N–H and O–H groups in total. The molecule has 0 radical (unpaired) electrons. The molecule has 1 aromatic heterocycles. The topological polar surface area (TPSA) is 60.7 Å². The summed E-state index contributed by atoms with van der Waals surface area (Å²) in [6.07, 6.45) is 1.01. The lowest BCUT2D eigenvalue weighted by atomic mass is 9.92. The molecule has 1 saturated heterocycles. The second-order valence-electron chi connectivity index (χ2n) is 6.90. The average Bonchev–Trinajstić information content (AvgIpc) is 3.23. The van der Waals surface area contributed by atoms with E-state index in [0.29, 0.717) is 28.5 Å². The number of nitrogens with zero attached hydrogens (tertiary/aromatic N) is 1. The lowest BCUT2D eigenvalue weighted by Crippen LogP contribution is -2.14. The van der Waals surface area contributed by atoms with Crippen LogP contribution in [0.15, 0.2) is 60.8 Å². The molecule has 6 heteroatoms. The number of hydrogen-bond donors (Lipinski definition) is 1. The van der Waals surface area contributed by atoms with Gasteiger partial charge >= 0.3 is 5.97 Å². The first kappa shape index (κ1) is 18.6. The van der Waals surface area contributed by atoms with Gasteiger partial charge in [0.15, 0.2) is 0 Å². The zero-order chi connectivity index (χ0) is 19.8. The highest BCUT2D eigenvalue weighted by atomic mass is 35.5. The van der Waals surface area contributed by atoms with Crippen molar-refractivity contribution in [1.29, 1.82) is 0 Å². The largest absolute Gasteiger partial charge is 0.497 e. The van der Waals surface area contributed by atoms with Gasteiger partial charge in [0.1, 0.15) is 12.4 Å². The molecule has 2 aromatic carbocycles. The Kier molecular flexibility index (Phi) is 4.87. The standard InChI is InChI=1S/C22H20ClNO4/c1-13-19(12-28-22(13)26)21(25)18-11-24(10-14-3-5-15(23)6-4-14)20-8-7-16(27-2)9-17(18)20/h3-9,11,19,21,25H,1,10,12H2,2H3. The van der Waals surface area contributed by atoms with Crippen LogP contribution in [0.5, 0.6) is 5.75 Å². The number of esters is 1. The number of aliphatic hydroxyl groups excluding tert-OH is 1. The van der Waals surface area contributed by atoms with Crippen molar-refractivity contribution in [1.82, 2.24) is 4.57 Å². The van der Waals surface area contributed by atoms with Crippen molar-refractivity contribution in [3.05, 3.63) is 77.0 Å². The van der Waals surface area contributed by atoms with Crippen molar-refractivity contribution in [2.75, 3.05) is 13.7 Å². The van der Waals surface area contributed by atoms with Gasteiger partial charge in [-0.05, 0) is 35.9 Å². The molecule has 1 aliphatic rings. The third-order valence-electron chi connectivity index (χ3n) is 5.19. The highest BCUT2D eigenvalue weighted by molar-refractivity contribution is 6.30. The Morgan fingerprint density at radius 2 is 2.07 bits per heavy atom. The predicted molar refractivity (Wildman–Crippen MR) is 108 cm³/mol. The smallest absolute Gasteiger partial charge is 0.333 e. The van der Waals surface area contributed by atoms with Crippen LogP contribution in [-0.4, -0.2) is 29.4 Å². The van der Waals surface area contributed by atoms with Crippen LogP contribution in [0.4, 0.5) is 0 Å². The minimum Gasteiger partial charge on any atom is -0.497 e. The fraction of sp³-hybridized carbons (Fsp3) is 0.227. The molecule has 4 rings (SSSR count). The molecule has 3 aromatic rings. The molecule has 0 bridgehead atoms. The van der Waals surface area contributed by atoms with Gasteiger partial charge in [-0.1, -0.05) is 30.3 Å². The second-order valence-corrected chi connectivity index (χ2v) is 7.33. The van der Waals surface area contributed by atoms with Crippen LogP contribution in [0.1, 0.15) is 17.2 Å². The van der Waals surface area contributed by atoms with Gasteiger partial charge in [-0.3, -0.25) is 0 Å². The van der Waals surface area contributed by atoms with Crippen molar-refractivity contribution in [3.8, 4) is 5.75 Å². The van der Waals surface area contributed by atoms with Gasteiger partial charge in [-0.25, -0.2) is 4.79 Å². The Hall–Kier alpha value is -2.76. The lowest BCUT2D eigenvalue weighted by molar-refractivity contribution is -0.135. The van der Waals surface area contributed by atoms with Gasteiger partial charge in [0, 0.05) is 39.8 Å². The second kappa shape index (κ2) is 7.34. The van der Waals surface area contributed by atoms with Gasteiger partial charge in [0.05, 0.1) is 19.1 Å². The van der Waals surface area contributed by atoms with E-state index in [0.717, 1.165) is 16.5 Å². The first-order valence-electron chi connectivity index (χ1n) is 8.93. The Morgan fingerprint density at radius 1 is 1.32 bits per heavy atom. The number of halogens is 1. The molecule has 0 aliphatic carbocycles. The van der Waals surface area contributed by atoms with Crippen molar-refractivity contribution >= 4 is 28.5 Å². The Balaban J connectivity index is 1.77. The van der Waals surface area contributed by atoms with E-state index in [1.54, 1.807) is 7.11 Å². The minimum absolute atomic E-state index is 0.132. The fourth-order valence-corrected chi connectivity index (χ4v) is 3.72. The van der Waals surface area contributed by atoms with Crippen LogP contribution in [0, 0.1) is 5.92 Å². The number of hydrogen-bond acceptors (Lipinski definition) is 4. The molecule has 0 saturated carbocycles. The first-order chi connectivity index (χ1) is 13.5. The number of benzene rings is 2. The van der Waals surface area contributed by atoms with E-state index >= 15 is 0 Å². The summed E-state index contributed by atoms with van der Waals surface area (Å²) in [5.74, 6) is -0.220. The first-order valence-corrected chi connectivity index (χ1v) is 9.31. The Labute approximate surface area is 167 Å². The third-order valence-corrected chi connectivity index (χ3v) is 5.44. The number of fused-ring (bicyclic) bond motifs is 1. The van der Waals surface area contributed by atoms with E-state index in [1.165, 1.54) is 0 Å². The maximum atomic E-state index is 11.7. The van der Waals surface area contributed by atoms with Gasteiger partial charge in [0.2, 0.25) is 0 Å². The van der Waals surface area contributed by atoms with Gasteiger partial charge < -0.3 is 19.1 Å². The number of aromatic nitrogens is 1. The number of methoxy groups -OCH3 is 1. The summed E-state index contributed by atoms with van der Waals surface area (Å²) in [6, 6.07) is 13.4. The van der Waals surface area contributed by atoms with E-state index < -0.39 is 18.0 Å². The average molecular weight is 398 g/mol. The van der Waals surface area contributed by atoms with Gasteiger partial charge in [0.25, 0.3) is 0 Å². The van der Waals surface area contributed by atoms with Crippen LogP contribution in [0.3, 0.4) is 0 Å². The van der Waals surface area contributed by atoms with Crippen molar-refractivity contribution in [2.45, 2.75) is 12.6 Å². The minimum atomic E-state index is -0.903. The molecular formula is C22H20ClNO4. The summed E-state index contributed by atoms with van der Waals surface area (Å²) < 4.78 is 12.5. The van der Waals surface area contributed by atoms with Crippen LogP contribution in [0.25, 0.3) is 10.9 Å². The summed E-state index contributed by atoms with van der Waals surface area (Å²) in [5, 5.41) is 12.6. The molecule has 2 atom stereocenters. The zero-order valence-electron chi connectivity index (χ0n) is 15.4. The van der Waals surface area contributed by atoms with Crippen LogP contribution >= 0.6 is 11.6 Å². The molecule has 5 nitrogen and oxygen atoms in total. The van der Waals surface area contributed by atoms with Crippen LogP contribution in [-0.2, 0) is 16.1 Å². The van der Waals surface area contributed by atoms with Gasteiger partial charge in [-0.2, -0.15) is 0 Å². The molecule has 1 fully saturated rings. The monoisotopic (exact) mass is 397 g/mol. The normalized spacial score (nSPS) is 17.8. The zero-order valence-corrected chi connectivity index (χ0v) is 16.1. The molecule has 144 valence electrons.